The number of esters is 2. The van der Waals surface area contributed by atoms with Gasteiger partial charge in [-0.1, -0.05) is 59.6 Å². The van der Waals surface area contributed by atoms with Crippen molar-refractivity contribution in [1.82, 2.24) is 0 Å². The number of halogens is 1. The Morgan fingerprint density at radius 2 is 2.00 bits per heavy atom. The SMILES string of the molecule is CCC[C@H](OC(=O)[C@@H]1[C@H]2C[C@H]3[C@H](OC(=O)[C@H]31)[C@@H]2Br)C(=O)c1ccccc1. The molecule has 0 aromatic heterocycles. The van der Waals surface area contributed by atoms with Crippen molar-refractivity contribution in [3.63, 3.8) is 0 Å². The summed E-state index contributed by atoms with van der Waals surface area (Å²) in [5.74, 6) is -1.74. The van der Waals surface area contributed by atoms with Crippen LogP contribution in [-0.4, -0.2) is 34.8 Å². The number of rotatable bonds is 6. The van der Waals surface area contributed by atoms with Gasteiger partial charge in [-0.15, -0.1) is 0 Å². The van der Waals surface area contributed by atoms with Crippen molar-refractivity contribution in [1.29, 1.82) is 0 Å². The van der Waals surface area contributed by atoms with Crippen LogP contribution in [0.4, 0.5) is 0 Å². The number of hydrogen-bond acceptors (Lipinski definition) is 5. The maximum atomic E-state index is 12.9. The molecule has 0 radical (unpaired) electrons. The molecule has 0 N–H and O–H groups in total. The minimum absolute atomic E-state index is 0.0119. The first kappa shape index (κ1) is 17.7. The van der Waals surface area contributed by atoms with Crippen molar-refractivity contribution >= 4 is 33.7 Å². The van der Waals surface area contributed by atoms with Crippen LogP contribution in [0.3, 0.4) is 0 Å². The Morgan fingerprint density at radius 3 is 2.69 bits per heavy atom. The quantitative estimate of drug-likeness (QED) is 0.401. The Morgan fingerprint density at radius 1 is 1.27 bits per heavy atom. The minimum atomic E-state index is -0.809. The topological polar surface area (TPSA) is 69.7 Å². The summed E-state index contributed by atoms with van der Waals surface area (Å²) in [5.41, 5.74) is 0.533. The van der Waals surface area contributed by atoms with Crippen LogP contribution in [0.5, 0.6) is 0 Å². The van der Waals surface area contributed by atoms with E-state index in [1.165, 1.54) is 0 Å². The third-order valence-corrected chi connectivity index (χ3v) is 7.16. The van der Waals surface area contributed by atoms with Crippen LogP contribution in [0.15, 0.2) is 30.3 Å². The molecule has 26 heavy (non-hydrogen) atoms. The second kappa shape index (κ2) is 6.80. The lowest BCUT2D eigenvalue weighted by molar-refractivity contribution is -0.158. The zero-order chi connectivity index (χ0) is 18.4. The van der Waals surface area contributed by atoms with Gasteiger partial charge in [0.2, 0.25) is 5.78 Å². The fourth-order valence-corrected chi connectivity index (χ4v) is 5.85. The van der Waals surface area contributed by atoms with E-state index in [1.807, 2.05) is 13.0 Å². The highest BCUT2D eigenvalue weighted by Gasteiger charge is 2.68. The average Bonchev–Trinajstić information content (AvgIpc) is 3.25. The molecule has 1 aromatic rings. The summed E-state index contributed by atoms with van der Waals surface area (Å²) in [5, 5.41) is 0. The molecule has 2 aliphatic carbocycles. The largest absolute Gasteiger partial charge is 0.461 e. The zero-order valence-corrected chi connectivity index (χ0v) is 16.1. The number of hydrogen-bond donors (Lipinski definition) is 0. The summed E-state index contributed by atoms with van der Waals surface area (Å²) in [6.45, 7) is 1.95. The molecule has 1 saturated heterocycles. The van der Waals surface area contributed by atoms with E-state index in [2.05, 4.69) is 15.9 Å². The second-order valence-corrected chi connectivity index (χ2v) is 8.46. The minimum Gasteiger partial charge on any atom is -0.461 e. The van der Waals surface area contributed by atoms with Crippen molar-refractivity contribution in [2.75, 3.05) is 0 Å². The van der Waals surface area contributed by atoms with Crippen LogP contribution in [0.2, 0.25) is 0 Å². The van der Waals surface area contributed by atoms with Gasteiger partial charge in [-0.3, -0.25) is 14.4 Å². The van der Waals surface area contributed by atoms with Gasteiger partial charge in [-0.05, 0) is 18.8 Å². The van der Waals surface area contributed by atoms with Crippen molar-refractivity contribution in [3.8, 4) is 0 Å². The molecule has 3 fully saturated rings. The number of ketones is 1. The van der Waals surface area contributed by atoms with E-state index >= 15 is 0 Å². The van der Waals surface area contributed by atoms with Gasteiger partial charge in [-0.25, -0.2) is 0 Å². The van der Waals surface area contributed by atoms with Crippen LogP contribution in [0.25, 0.3) is 0 Å². The van der Waals surface area contributed by atoms with E-state index in [9.17, 15) is 14.4 Å². The molecule has 5 nitrogen and oxygen atoms in total. The van der Waals surface area contributed by atoms with Crippen molar-refractivity contribution in [2.45, 2.75) is 43.2 Å². The predicted molar refractivity (Wildman–Crippen MR) is 96.7 cm³/mol. The van der Waals surface area contributed by atoms with Crippen LogP contribution in [0, 0.1) is 23.7 Å². The number of benzene rings is 1. The summed E-state index contributed by atoms with van der Waals surface area (Å²) in [6.07, 6.45) is 1.05. The molecular weight excluding hydrogens is 400 g/mol. The maximum absolute atomic E-state index is 12.9. The molecule has 0 amide bonds. The number of ether oxygens (including phenoxy) is 2. The Balaban J connectivity index is 1.52. The van der Waals surface area contributed by atoms with E-state index in [4.69, 9.17) is 9.47 Å². The molecule has 1 heterocycles. The average molecular weight is 421 g/mol. The molecule has 3 aliphatic rings. The van der Waals surface area contributed by atoms with E-state index < -0.39 is 23.9 Å². The third-order valence-electron chi connectivity index (χ3n) is 5.96. The smallest absolute Gasteiger partial charge is 0.310 e. The molecule has 2 bridgehead atoms. The molecule has 2 saturated carbocycles. The first-order valence-corrected chi connectivity index (χ1v) is 10.1. The van der Waals surface area contributed by atoms with Gasteiger partial charge < -0.3 is 9.47 Å². The predicted octanol–water partition coefficient (Wildman–Crippen LogP) is 3.15. The normalized spacial score (nSPS) is 35.2. The van der Waals surface area contributed by atoms with Gasteiger partial charge in [0, 0.05) is 11.5 Å². The first-order valence-electron chi connectivity index (χ1n) is 9.17. The number of carbonyl (C=O) groups is 3. The maximum Gasteiger partial charge on any atom is 0.310 e. The monoisotopic (exact) mass is 420 g/mol. The second-order valence-electron chi connectivity index (χ2n) is 7.41. The lowest BCUT2D eigenvalue weighted by atomic mass is 9.80. The van der Waals surface area contributed by atoms with Gasteiger partial charge in [0.15, 0.2) is 6.10 Å². The molecule has 7 atom stereocenters. The zero-order valence-electron chi connectivity index (χ0n) is 14.5. The molecule has 6 heteroatoms. The molecule has 1 aromatic carbocycles. The third kappa shape index (κ3) is 2.70. The van der Waals surface area contributed by atoms with Crippen molar-refractivity contribution in [3.05, 3.63) is 35.9 Å². The molecule has 1 aliphatic heterocycles. The van der Waals surface area contributed by atoms with Crippen molar-refractivity contribution in [2.24, 2.45) is 23.7 Å². The highest BCUT2D eigenvalue weighted by Crippen LogP contribution is 2.60. The van der Waals surface area contributed by atoms with Crippen molar-refractivity contribution < 1.29 is 23.9 Å². The summed E-state index contributed by atoms with van der Waals surface area (Å²) in [7, 11) is 0. The standard InChI is InChI=1S/C20H21BrO5/c1-2-6-13(17(22)10-7-4-3-5-8-10)25-19(23)14-11-9-12-15(14)20(24)26-18(12)16(11)21/h3-5,7-8,11-16,18H,2,6,9H2,1H3/t11-,12-,13+,14-,15-,16-,18+/m1/s1. The summed E-state index contributed by atoms with van der Waals surface area (Å²) in [6, 6.07) is 8.87. The lowest BCUT2D eigenvalue weighted by Gasteiger charge is -2.28. The highest BCUT2D eigenvalue weighted by molar-refractivity contribution is 9.09. The van der Waals surface area contributed by atoms with Crippen LogP contribution >= 0.6 is 15.9 Å². The molecule has 4 rings (SSSR count). The van der Waals surface area contributed by atoms with Gasteiger partial charge >= 0.3 is 11.9 Å². The van der Waals surface area contributed by atoms with E-state index in [1.54, 1.807) is 24.3 Å². The highest BCUT2D eigenvalue weighted by atomic mass is 79.9. The van der Waals surface area contributed by atoms with Crippen LogP contribution in [-0.2, 0) is 19.1 Å². The molecule has 138 valence electrons. The summed E-state index contributed by atoms with van der Waals surface area (Å²) >= 11 is 3.60. The number of alkyl halides is 1. The van der Waals surface area contributed by atoms with E-state index in [0.29, 0.717) is 12.0 Å². The summed E-state index contributed by atoms with van der Waals surface area (Å²) < 4.78 is 11.1. The van der Waals surface area contributed by atoms with Gasteiger partial charge in [0.05, 0.1) is 16.7 Å². The molecular formula is C20H21BrO5. The number of Topliss-reactive ketones (excluding diaryl/α,β-unsaturated/α-hetero) is 1. The molecule has 0 unspecified atom stereocenters. The Labute approximate surface area is 160 Å². The lowest BCUT2D eigenvalue weighted by Crippen LogP contribution is -2.41. The van der Waals surface area contributed by atoms with Crippen LogP contribution in [0.1, 0.15) is 36.5 Å². The Kier molecular flexibility index (Phi) is 4.63. The van der Waals surface area contributed by atoms with Crippen LogP contribution < -0.4 is 0 Å². The van der Waals surface area contributed by atoms with Gasteiger partial charge in [-0.2, -0.15) is 0 Å². The van der Waals surface area contributed by atoms with Gasteiger partial charge in [0.25, 0.3) is 0 Å². The van der Waals surface area contributed by atoms with E-state index in [0.717, 1.165) is 12.8 Å². The van der Waals surface area contributed by atoms with Gasteiger partial charge in [0.1, 0.15) is 6.10 Å². The Bertz CT molecular complexity index is 733. The fourth-order valence-electron chi connectivity index (χ4n) is 4.81. The number of carbonyl (C=O) groups excluding carboxylic acids is 3. The number of fused-ring (bicyclic) bond motifs is 1. The Hall–Kier alpha value is -1.69. The first-order chi connectivity index (χ1) is 12.5. The molecule has 0 spiro atoms. The summed E-state index contributed by atoms with van der Waals surface area (Å²) in [4.78, 5) is 37.9. The van der Waals surface area contributed by atoms with E-state index in [-0.39, 0.29) is 34.5 Å². The fraction of sp³-hybridized carbons (Fsp3) is 0.550.